The molecular weight excluding hydrogens is 385 g/mol. The highest BCUT2D eigenvalue weighted by Gasteiger charge is 2.25. The monoisotopic (exact) mass is 403 g/mol. The van der Waals surface area contributed by atoms with Gasteiger partial charge in [0.15, 0.2) is 5.78 Å². The predicted octanol–water partition coefficient (Wildman–Crippen LogP) is 3.78. The van der Waals surface area contributed by atoms with Crippen molar-refractivity contribution in [2.24, 2.45) is 0 Å². The topological polar surface area (TPSA) is 108 Å². The van der Waals surface area contributed by atoms with Crippen LogP contribution in [0.15, 0.2) is 43.0 Å². The molecule has 0 spiro atoms. The molecule has 0 radical (unpaired) electrons. The molecule has 8 nitrogen and oxygen atoms in total. The van der Waals surface area contributed by atoms with Gasteiger partial charge in [0.25, 0.3) is 0 Å². The first kappa shape index (κ1) is 18.2. The van der Waals surface area contributed by atoms with Crippen LogP contribution in [0.3, 0.4) is 0 Å². The summed E-state index contributed by atoms with van der Waals surface area (Å²) in [5.74, 6) is -0.0100. The van der Waals surface area contributed by atoms with Gasteiger partial charge in [-0.05, 0) is 37.1 Å². The first-order valence-electron chi connectivity index (χ1n) is 9.58. The van der Waals surface area contributed by atoms with E-state index in [4.69, 9.17) is 0 Å². The molecule has 4 aromatic heterocycles. The number of aromatic amines is 1. The molecule has 9 heteroatoms. The Kier molecular flexibility index (Phi) is 4.35. The van der Waals surface area contributed by atoms with Crippen LogP contribution in [0.2, 0.25) is 0 Å². The number of aromatic nitrogens is 5. The van der Waals surface area contributed by atoms with Gasteiger partial charge in [-0.2, -0.15) is 4.39 Å². The molecule has 1 saturated carbocycles. The highest BCUT2D eigenvalue weighted by atomic mass is 19.1. The zero-order chi connectivity index (χ0) is 20.7. The zero-order valence-electron chi connectivity index (χ0n) is 16.1. The molecule has 0 saturated heterocycles. The standard InChI is InChI=1S/C21H18FN7O/c1-23-20-17-14(9-25-21(17)27-10-26-20)18(30)13-5-7-16(29-19(13)22)28-12-4-6-15(24-8-12)11-2-3-11/h4-11H,2-3H2,1H3,(H,28,29)(H2,23,25,26,27). The molecule has 0 unspecified atom stereocenters. The number of carbonyl (C=O) groups excluding carboxylic acids is 1. The van der Waals surface area contributed by atoms with Crippen molar-refractivity contribution in [2.45, 2.75) is 18.8 Å². The smallest absolute Gasteiger partial charge is 0.226 e. The number of rotatable bonds is 6. The molecule has 5 rings (SSSR count). The first-order valence-corrected chi connectivity index (χ1v) is 9.58. The van der Waals surface area contributed by atoms with Crippen molar-refractivity contribution in [3.63, 3.8) is 0 Å². The van der Waals surface area contributed by atoms with E-state index in [1.807, 2.05) is 12.1 Å². The number of carbonyl (C=O) groups is 1. The third kappa shape index (κ3) is 3.24. The average Bonchev–Trinajstić information content (AvgIpc) is 3.52. The number of anilines is 3. The van der Waals surface area contributed by atoms with Crippen LogP contribution >= 0.6 is 0 Å². The van der Waals surface area contributed by atoms with Crippen molar-refractivity contribution >= 4 is 34.1 Å². The normalized spacial score (nSPS) is 13.4. The van der Waals surface area contributed by atoms with Crippen LogP contribution in [-0.2, 0) is 0 Å². The summed E-state index contributed by atoms with van der Waals surface area (Å²) in [7, 11) is 1.69. The lowest BCUT2D eigenvalue weighted by atomic mass is 10.0. The Morgan fingerprint density at radius 2 is 2.00 bits per heavy atom. The number of nitrogens with zero attached hydrogens (tertiary/aromatic N) is 4. The fourth-order valence-corrected chi connectivity index (χ4v) is 3.40. The van der Waals surface area contributed by atoms with Gasteiger partial charge in [0.1, 0.15) is 23.6 Å². The lowest BCUT2D eigenvalue weighted by molar-refractivity contribution is 0.103. The molecule has 0 aromatic carbocycles. The number of ketones is 1. The highest BCUT2D eigenvalue weighted by molar-refractivity contribution is 6.18. The van der Waals surface area contributed by atoms with E-state index in [2.05, 4.69) is 35.6 Å². The number of halogens is 1. The summed E-state index contributed by atoms with van der Waals surface area (Å²) in [6.45, 7) is 0. The summed E-state index contributed by atoms with van der Waals surface area (Å²) in [6.07, 6.45) is 6.95. The maximum Gasteiger partial charge on any atom is 0.226 e. The van der Waals surface area contributed by atoms with Crippen LogP contribution in [0.4, 0.5) is 21.7 Å². The van der Waals surface area contributed by atoms with Crippen LogP contribution in [0.25, 0.3) is 11.0 Å². The molecule has 3 N–H and O–H groups in total. The fraction of sp³-hybridized carbons (Fsp3) is 0.190. The Morgan fingerprint density at radius 1 is 1.13 bits per heavy atom. The van der Waals surface area contributed by atoms with Crippen LogP contribution in [0, 0.1) is 5.95 Å². The van der Waals surface area contributed by atoms with Gasteiger partial charge in [0, 0.05) is 24.9 Å². The van der Waals surface area contributed by atoms with E-state index in [1.54, 1.807) is 19.3 Å². The number of H-pyrrole nitrogens is 1. The summed E-state index contributed by atoms with van der Waals surface area (Å²) < 4.78 is 14.7. The van der Waals surface area contributed by atoms with Gasteiger partial charge in [-0.3, -0.25) is 9.78 Å². The summed E-state index contributed by atoms with van der Waals surface area (Å²) in [4.78, 5) is 32.5. The number of hydrogen-bond donors (Lipinski definition) is 3. The number of pyridine rings is 2. The summed E-state index contributed by atoms with van der Waals surface area (Å²) in [6, 6.07) is 6.84. The number of hydrogen-bond acceptors (Lipinski definition) is 7. The predicted molar refractivity (Wildman–Crippen MR) is 111 cm³/mol. The molecule has 1 aliphatic rings. The fourth-order valence-electron chi connectivity index (χ4n) is 3.40. The number of nitrogens with one attached hydrogen (secondary N) is 3. The maximum atomic E-state index is 14.7. The van der Waals surface area contributed by atoms with Crippen molar-refractivity contribution < 1.29 is 9.18 Å². The van der Waals surface area contributed by atoms with E-state index in [-0.39, 0.29) is 11.1 Å². The van der Waals surface area contributed by atoms with Crippen LogP contribution in [0.1, 0.15) is 40.4 Å². The van der Waals surface area contributed by atoms with Gasteiger partial charge < -0.3 is 15.6 Å². The molecule has 4 heterocycles. The Hall–Kier alpha value is -3.88. The SMILES string of the molecule is CNc1ncnc2[nH]cc(C(=O)c3ccc(Nc4ccc(C5CC5)nc4)nc3F)c12. The second-order valence-corrected chi connectivity index (χ2v) is 7.13. The lowest BCUT2D eigenvalue weighted by Gasteiger charge is -2.08. The minimum atomic E-state index is -0.857. The average molecular weight is 403 g/mol. The highest BCUT2D eigenvalue weighted by Crippen LogP contribution is 2.39. The zero-order valence-corrected chi connectivity index (χ0v) is 16.1. The molecular formula is C21H18FN7O. The maximum absolute atomic E-state index is 14.7. The second kappa shape index (κ2) is 7.18. The molecule has 0 atom stereocenters. The second-order valence-electron chi connectivity index (χ2n) is 7.13. The Morgan fingerprint density at radius 3 is 2.70 bits per heavy atom. The van der Waals surface area contributed by atoms with Crippen molar-refractivity contribution in [1.29, 1.82) is 0 Å². The summed E-state index contributed by atoms with van der Waals surface area (Å²) in [5.41, 5.74) is 2.42. The van der Waals surface area contributed by atoms with E-state index >= 15 is 0 Å². The van der Waals surface area contributed by atoms with Gasteiger partial charge in [0.2, 0.25) is 5.95 Å². The molecule has 30 heavy (non-hydrogen) atoms. The summed E-state index contributed by atoms with van der Waals surface area (Å²) in [5, 5.41) is 6.45. The molecule has 150 valence electrons. The van der Waals surface area contributed by atoms with Gasteiger partial charge in [0.05, 0.1) is 28.4 Å². The minimum absolute atomic E-state index is 0.130. The quantitative estimate of drug-likeness (QED) is 0.332. The van der Waals surface area contributed by atoms with Crippen molar-refractivity contribution in [1.82, 2.24) is 24.9 Å². The van der Waals surface area contributed by atoms with Crippen LogP contribution in [-0.4, -0.2) is 37.8 Å². The van der Waals surface area contributed by atoms with Gasteiger partial charge in [-0.15, -0.1) is 0 Å². The molecule has 0 bridgehead atoms. The van der Waals surface area contributed by atoms with Crippen molar-refractivity contribution in [2.75, 3.05) is 17.7 Å². The number of fused-ring (bicyclic) bond motifs is 1. The van der Waals surface area contributed by atoms with E-state index < -0.39 is 11.7 Å². The van der Waals surface area contributed by atoms with E-state index in [0.29, 0.717) is 34.3 Å². The van der Waals surface area contributed by atoms with Gasteiger partial charge in [-0.25, -0.2) is 15.0 Å². The third-order valence-corrected chi connectivity index (χ3v) is 5.10. The van der Waals surface area contributed by atoms with E-state index in [9.17, 15) is 9.18 Å². The molecule has 0 aliphatic heterocycles. The molecule has 1 aliphatic carbocycles. The van der Waals surface area contributed by atoms with Crippen LogP contribution < -0.4 is 10.6 Å². The minimum Gasteiger partial charge on any atom is -0.372 e. The Bertz CT molecular complexity index is 1250. The van der Waals surface area contributed by atoms with Gasteiger partial charge in [-0.1, -0.05) is 0 Å². The van der Waals surface area contributed by atoms with E-state index in [1.165, 1.54) is 31.4 Å². The van der Waals surface area contributed by atoms with E-state index in [0.717, 1.165) is 5.69 Å². The lowest BCUT2D eigenvalue weighted by Crippen LogP contribution is -2.08. The summed E-state index contributed by atoms with van der Waals surface area (Å²) >= 11 is 0. The van der Waals surface area contributed by atoms with Crippen LogP contribution in [0.5, 0.6) is 0 Å². The van der Waals surface area contributed by atoms with Crippen molar-refractivity contribution in [3.05, 3.63) is 65.8 Å². The van der Waals surface area contributed by atoms with Gasteiger partial charge >= 0.3 is 0 Å². The largest absolute Gasteiger partial charge is 0.372 e. The Balaban J connectivity index is 1.41. The Labute approximate surface area is 171 Å². The molecule has 1 fully saturated rings. The molecule has 0 amide bonds. The first-order chi connectivity index (χ1) is 14.6. The van der Waals surface area contributed by atoms with Crippen molar-refractivity contribution in [3.8, 4) is 0 Å². The third-order valence-electron chi connectivity index (χ3n) is 5.10. The molecule has 4 aromatic rings.